The van der Waals surface area contributed by atoms with Crippen molar-refractivity contribution < 1.29 is 0 Å². The fourth-order valence-electron chi connectivity index (χ4n) is 5.13. The monoisotopic (exact) mass is 384 g/mol. The maximum Gasteiger partial charge on any atom is 0.0991 e. The summed E-state index contributed by atoms with van der Waals surface area (Å²) in [6.07, 6.45) is 3.44. The molecule has 142 valence electrons. The molecule has 0 saturated carbocycles. The zero-order valence-corrected chi connectivity index (χ0v) is 16.6. The minimum absolute atomic E-state index is 0.304. The number of nitriles is 1. The summed E-state index contributed by atoms with van der Waals surface area (Å²) >= 11 is 0. The van der Waals surface area contributed by atoms with Crippen molar-refractivity contribution in [3.05, 3.63) is 101 Å². The van der Waals surface area contributed by atoms with Gasteiger partial charge in [0.25, 0.3) is 0 Å². The molecular weight excluding hydrogens is 364 g/mol. The van der Waals surface area contributed by atoms with Crippen LogP contribution in [-0.2, 0) is 6.42 Å². The fraction of sp³-hybridized carbons (Fsp3) is 0.143. The van der Waals surface area contributed by atoms with Gasteiger partial charge in [0.2, 0.25) is 0 Å². The van der Waals surface area contributed by atoms with Crippen LogP contribution >= 0.6 is 0 Å². The number of benzene rings is 4. The van der Waals surface area contributed by atoms with Crippen molar-refractivity contribution in [2.75, 3.05) is 0 Å². The molecule has 4 aromatic carbocycles. The summed E-state index contributed by atoms with van der Waals surface area (Å²) in [6.45, 7) is 0. The fourth-order valence-corrected chi connectivity index (χ4v) is 5.13. The van der Waals surface area contributed by atoms with E-state index in [4.69, 9.17) is 4.98 Å². The molecule has 1 aromatic heterocycles. The highest BCUT2D eigenvalue weighted by Gasteiger charge is 2.25. The quantitative estimate of drug-likeness (QED) is 0.295. The van der Waals surface area contributed by atoms with E-state index in [1.807, 2.05) is 18.2 Å². The lowest BCUT2D eigenvalue weighted by Gasteiger charge is -2.27. The van der Waals surface area contributed by atoms with Gasteiger partial charge in [-0.2, -0.15) is 5.26 Å². The molecule has 5 aromatic rings. The van der Waals surface area contributed by atoms with Gasteiger partial charge in [-0.3, -0.25) is 4.98 Å². The van der Waals surface area contributed by atoms with E-state index in [0.717, 1.165) is 29.4 Å². The third-order valence-electron chi connectivity index (χ3n) is 6.54. The summed E-state index contributed by atoms with van der Waals surface area (Å²) in [4.78, 5) is 5.03. The Hall–Kier alpha value is -3.70. The summed E-state index contributed by atoms with van der Waals surface area (Å²) in [5.74, 6) is 0.304. The molecule has 0 aliphatic heterocycles. The molecule has 1 heterocycles. The summed E-state index contributed by atoms with van der Waals surface area (Å²) < 4.78 is 0. The van der Waals surface area contributed by atoms with Gasteiger partial charge < -0.3 is 0 Å². The van der Waals surface area contributed by atoms with Gasteiger partial charge in [0.1, 0.15) is 0 Å². The zero-order chi connectivity index (χ0) is 20.1. The Morgan fingerprint density at radius 3 is 2.60 bits per heavy atom. The molecule has 1 aliphatic rings. The highest BCUT2D eigenvalue weighted by atomic mass is 14.7. The first-order chi connectivity index (χ1) is 14.8. The molecule has 0 saturated heterocycles. The second kappa shape index (κ2) is 6.68. The third-order valence-corrected chi connectivity index (χ3v) is 6.54. The molecule has 2 heteroatoms. The lowest BCUT2D eigenvalue weighted by molar-refractivity contribution is 0.610. The number of hydrogen-bond acceptors (Lipinski definition) is 2. The maximum atomic E-state index is 9.17. The van der Waals surface area contributed by atoms with E-state index < -0.39 is 0 Å². The van der Waals surface area contributed by atoms with Crippen molar-refractivity contribution in [2.45, 2.75) is 25.2 Å². The number of aromatic nitrogens is 1. The van der Waals surface area contributed by atoms with E-state index in [1.165, 1.54) is 39.1 Å². The van der Waals surface area contributed by atoms with Gasteiger partial charge in [-0.15, -0.1) is 0 Å². The van der Waals surface area contributed by atoms with E-state index >= 15 is 0 Å². The van der Waals surface area contributed by atoms with Crippen LogP contribution in [0.5, 0.6) is 0 Å². The Bertz CT molecular complexity index is 1490. The Kier molecular flexibility index (Phi) is 3.82. The molecule has 0 radical (unpaired) electrons. The topological polar surface area (TPSA) is 36.7 Å². The lowest BCUT2D eigenvalue weighted by Crippen LogP contribution is -2.13. The smallest absolute Gasteiger partial charge is 0.0991 e. The molecule has 0 fully saturated rings. The van der Waals surface area contributed by atoms with Crippen LogP contribution in [0, 0.1) is 11.3 Å². The molecule has 1 atom stereocenters. The number of fused-ring (bicyclic) bond motifs is 6. The SMILES string of the molecule is N#Cc1ccc2nc(C3CCCc4ccc5c(ccc6ccccc65)c43)ccc2c1. The molecular formula is C28H20N2. The van der Waals surface area contributed by atoms with Crippen LogP contribution in [0.25, 0.3) is 32.4 Å². The number of rotatable bonds is 1. The second-order valence-corrected chi connectivity index (χ2v) is 8.22. The van der Waals surface area contributed by atoms with Crippen LogP contribution < -0.4 is 0 Å². The molecule has 0 N–H and O–H groups in total. The Balaban J connectivity index is 1.57. The summed E-state index contributed by atoms with van der Waals surface area (Å²) in [7, 11) is 0. The molecule has 0 amide bonds. The van der Waals surface area contributed by atoms with E-state index in [1.54, 1.807) is 0 Å². The molecule has 0 spiro atoms. The third kappa shape index (κ3) is 2.60. The Morgan fingerprint density at radius 2 is 1.67 bits per heavy atom. The standard InChI is InChI=1S/C28H20N2/c29-17-18-8-14-26-21(16-18)11-15-27(30-26)25-7-3-5-20-10-12-23-22-6-2-1-4-19(22)9-13-24(23)28(20)25/h1-2,4,6,8-16,25H,3,5,7H2. The molecule has 1 aliphatic carbocycles. The average Bonchev–Trinajstić information content (AvgIpc) is 2.82. The summed E-state index contributed by atoms with van der Waals surface area (Å²) in [5.41, 5.74) is 5.68. The van der Waals surface area contributed by atoms with E-state index in [9.17, 15) is 5.26 Å². The summed E-state index contributed by atoms with van der Waals surface area (Å²) in [6, 6.07) is 30.1. The van der Waals surface area contributed by atoms with Crippen LogP contribution in [0.2, 0.25) is 0 Å². The van der Waals surface area contributed by atoms with Crippen molar-refractivity contribution in [3.8, 4) is 6.07 Å². The Labute approximate surface area is 175 Å². The maximum absolute atomic E-state index is 9.17. The highest BCUT2D eigenvalue weighted by molar-refractivity contribution is 6.09. The average molecular weight is 384 g/mol. The molecule has 6 rings (SSSR count). The van der Waals surface area contributed by atoms with Crippen molar-refractivity contribution in [1.29, 1.82) is 5.26 Å². The van der Waals surface area contributed by atoms with Gasteiger partial charge in [0, 0.05) is 17.0 Å². The predicted octanol–water partition coefficient (Wildman–Crippen LogP) is 6.88. The van der Waals surface area contributed by atoms with E-state index in [2.05, 4.69) is 66.7 Å². The molecule has 2 nitrogen and oxygen atoms in total. The number of hydrogen-bond donors (Lipinski definition) is 0. The van der Waals surface area contributed by atoms with Gasteiger partial charge in [-0.05, 0) is 76.2 Å². The Morgan fingerprint density at radius 1 is 0.800 bits per heavy atom. The van der Waals surface area contributed by atoms with Gasteiger partial charge in [0.05, 0.1) is 17.1 Å². The van der Waals surface area contributed by atoms with Crippen LogP contribution in [0.4, 0.5) is 0 Å². The van der Waals surface area contributed by atoms with Gasteiger partial charge >= 0.3 is 0 Å². The molecule has 30 heavy (non-hydrogen) atoms. The van der Waals surface area contributed by atoms with Crippen LogP contribution in [0.3, 0.4) is 0 Å². The zero-order valence-electron chi connectivity index (χ0n) is 16.6. The number of aryl methyl sites for hydroxylation is 1. The minimum Gasteiger partial charge on any atom is -0.252 e. The first-order valence-corrected chi connectivity index (χ1v) is 10.6. The normalized spacial score (nSPS) is 15.9. The van der Waals surface area contributed by atoms with Crippen LogP contribution in [-0.4, -0.2) is 4.98 Å². The first kappa shape index (κ1) is 17.2. The summed E-state index contributed by atoms with van der Waals surface area (Å²) in [5, 5.41) is 15.5. The van der Waals surface area contributed by atoms with E-state index in [-0.39, 0.29) is 0 Å². The lowest BCUT2D eigenvalue weighted by atomic mass is 9.77. The van der Waals surface area contributed by atoms with Gasteiger partial charge in [-0.1, -0.05) is 54.6 Å². The predicted molar refractivity (Wildman–Crippen MR) is 123 cm³/mol. The molecule has 0 bridgehead atoms. The van der Waals surface area contributed by atoms with Gasteiger partial charge in [0.15, 0.2) is 0 Å². The van der Waals surface area contributed by atoms with Crippen molar-refractivity contribution in [2.24, 2.45) is 0 Å². The molecule has 1 unspecified atom stereocenters. The van der Waals surface area contributed by atoms with Crippen molar-refractivity contribution in [1.82, 2.24) is 4.98 Å². The first-order valence-electron chi connectivity index (χ1n) is 10.6. The second-order valence-electron chi connectivity index (χ2n) is 8.22. The van der Waals surface area contributed by atoms with Gasteiger partial charge in [-0.25, -0.2) is 0 Å². The van der Waals surface area contributed by atoms with Crippen LogP contribution in [0.15, 0.2) is 78.9 Å². The van der Waals surface area contributed by atoms with E-state index in [0.29, 0.717) is 11.5 Å². The van der Waals surface area contributed by atoms with Crippen molar-refractivity contribution >= 4 is 32.4 Å². The number of pyridine rings is 1. The largest absolute Gasteiger partial charge is 0.252 e. The van der Waals surface area contributed by atoms with Crippen molar-refractivity contribution in [3.63, 3.8) is 0 Å². The minimum atomic E-state index is 0.304. The number of nitrogens with zero attached hydrogens (tertiary/aromatic N) is 2. The van der Waals surface area contributed by atoms with Crippen LogP contribution in [0.1, 0.15) is 41.1 Å². The highest BCUT2D eigenvalue weighted by Crippen LogP contribution is 2.42.